The molecule has 0 saturated carbocycles. The van der Waals surface area contributed by atoms with Crippen LogP contribution in [0.5, 0.6) is 0 Å². The zero-order valence-electron chi connectivity index (χ0n) is 16.3. The minimum absolute atomic E-state index is 0. The van der Waals surface area contributed by atoms with Crippen LogP contribution in [0.15, 0.2) is 47.7 Å². The Hall–Kier alpha value is -1.61. The summed E-state index contributed by atoms with van der Waals surface area (Å²) in [5, 5.41) is 11.3. The fourth-order valence-corrected chi connectivity index (χ4v) is 3.42. The Morgan fingerprint density at radius 1 is 1.26 bits per heavy atom. The zero-order valence-corrected chi connectivity index (χ0v) is 18.6. The summed E-state index contributed by atoms with van der Waals surface area (Å²) in [6.07, 6.45) is 7.34. The minimum atomic E-state index is 0. The van der Waals surface area contributed by atoms with Crippen molar-refractivity contribution in [2.45, 2.75) is 38.8 Å². The predicted octanol–water partition coefficient (Wildman–Crippen LogP) is 3.03. The largest absolute Gasteiger partial charge is 0.354 e. The van der Waals surface area contributed by atoms with E-state index in [1.807, 2.05) is 24.0 Å². The highest BCUT2D eigenvalue weighted by Gasteiger charge is 2.19. The molecule has 2 aromatic rings. The molecule has 0 amide bonds. The molecule has 1 aromatic carbocycles. The maximum atomic E-state index is 4.39. The molecule has 2 heterocycles. The quantitative estimate of drug-likeness (QED) is 0.378. The van der Waals surface area contributed by atoms with E-state index in [-0.39, 0.29) is 24.0 Å². The Labute approximate surface area is 179 Å². The minimum Gasteiger partial charge on any atom is -0.354 e. The topological polar surface area (TPSA) is 57.5 Å². The third-order valence-corrected chi connectivity index (χ3v) is 4.83. The number of rotatable bonds is 6. The second-order valence-corrected chi connectivity index (χ2v) is 6.81. The van der Waals surface area contributed by atoms with Crippen LogP contribution in [0.4, 0.5) is 0 Å². The van der Waals surface area contributed by atoms with Crippen LogP contribution in [-0.4, -0.2) is 53.4 Å². The summed E-state index contributed by atoms with van der Waals surface area (Å²) in [7, 11) is 1.84. The number of aliphatic imine (C=N–C) groups is 1. The van der Waals surface area contributed by atoms with Gasteiger partial charge >= 0.3 is 0 Å². The monoisotopic (exact) mass is 482 g/mol. The first-order valence-electron chi connectivity index (χ1n) is 9.57. The number of piperidine rings is 1. The summed E-state index contributed by atoms with van der Waals surface area (Å²) in [6.45, 7) is 6.55. The first-order chi connectivity index (χ1) is 12.8. The van der Waals surface area contributed by atoms with Gasteiger partial charge in [-0.25, -0.2) is 4.68 Å². The van der Waals surface area contributed by atoms with Crippen LogP contribution in [0.3, 0.4) is 0 Å². The molecule has 1 saturated heterocycles. The van der Waals surface area contributed by atoms with Gasteiger partial charge in [-0.1, -0.05) is 19.1 Å². The molecule has 0 bridgehead atoms. The van der Waals surface area contributed by atoms with Crippen LogP contribution in [-0.2, 0) is 6.54 Å². The van der Waals surface area contributed by atoms with Crippen molar-refractivity contribution in [3.8, 4) is 5.69 Å². The summed E-state index contributed by atoms with van der Waals surface area (Å²) >= 11 is 0. The van der Waals surface area contributed by atoms with E-state index in [1.54, 1.807) is 6.20 Å². The highest BCUT2D eigenvalue weighted by atomic mass is 127. The molecule has 148 valence electrons. The third-order valence-electron chi connectivity index (χ3n) is 4.83. The van der Waals surface area contributed by atoms with Gasteiger partial charge in [0.15, 0.2) is 5.96 Å². The molecule has 0 radical (unpaired) electrons. The van der Waals surface area contributed by atoms with Crippen LogP contribution in [0.2, 0.25) is 0 Å². The Kier molecular flexibility index (Phi) is 9.06. The molecule has 0 aliphatic carbocycles. The number of nitrogens with one attached hydrogen (secondary N) is 2. The number of nitrogens with zero attached hydrogens (tertiary/aromatic N) is 4. The predicted molar refractivity (Wildman–Crippen MR) is 122 cm³/mol. The fraction of sp³-hybridized carbons (Fsp3) is 0.500. The standard InChI is InChI=1S/C20H30N6.HI/c1-3-11-25-13-8-18(9-14-25)24-20(21-2)22-16-17-6-4-7-19(15-17)26-12-5-10-23-26;/h4-7,10,12,15,18H,3,8-9,11,13-14,16H2,1-2H3,(H2,21,22,24);1H. The average molecular weight is 482 g/mol. The van der Waals surface area contributed by atoms with Gasteiger partial charge in [0.1, 0.15) is 0 Å². The molecule has 0 atom stereocenters. The van der Waals surface area contributed by atoms with Crippen LogP contribution >= 0.6 is 24.0 Å². The Bertz CT molecular complexity index is 692. The van der Waals surface area contributed by atoms with E-state index in [4.69, 9.17) is 0 Å². The summed E-state index contributed by atoms with van der Waals surface area (Å²) in [6, 6.07) is 10.8. The molecule has 1 aromatic heterocycles. The van der Waals surface area contributed by atoms with Crippen molar-refractivity contribution >= 4 is 29.9 Å². The van der Waals surface area contributed by atoms with Crippen molar-refractivity contribution in [2.24, 2.45) is 4.99 Å². The number of halogens is 1. The lowest BCUT2D eigenvalue weighted by Gasteiger charge is -2.32. The molecule has 3 rings (SSSR count). The Morgan fingerprint density at radius 2 is 2.07 bits per heavy atom. The van der Waals surface area contributed by atoms with Gasteiger partial charge in [-0.05, 0) is 49.6 Å². The van der Waals surface area contributed by atoms with Gasteiger partial charge in [0, 0.05) is 45.1 Å². The van der Waals surface area contributed by atoms with Crippen molar-refractivity contribution < 1.29 is 0 Å². The maximum absolute atomic E-state index is 4.39. The maximum Gasteiger partial charge on any atom is 0.191 e. The van der Waals surface area contributed by atoms with Crippen molar-refractivity contribution in [3.05, 3.63) is 48.3 Å². The zero-order chi connectivity index (χ0) is 18.2. The molecule has 1 aliphatic rings. The highest BCUT2D eigenvalue weighted by molar-refractivity contribution is 14.0. The van der Waals surface area contributed by atoms with Crippen LogP contribution in [0.1, 0.15) is 31.7 Å². The molecular weight excluding hydrogens is 451 g/mol. The summed E-state index contributed by atoms with van der Waals surface area (Å²) in [4.78, 5) is 6.94. The van der Waals surface area contributed by atoms with E-state index in [0.29, 0.717) is 6.04 Å². The van der Waals surface area contributed by atoms with Gasteiger partial charge in [0.2, 0.25) is 0 Å². The van der Waals surface area contributed by atoms with E-state index >= 15 is 0 Å². The first-order valence-corrected chi connectivity index (χ1v) is 9.57. The van der Waals surface area contributed by atoms with Gasteiger partial charge < -0.3 is 15.5 Å². The fourth-order valence-electron chi connectivity index (χ4n) is 3.42. The molecule has 7 heteroatoms. The van der Waals surface area contributed by atoms with Gasteiger partial charge in [-0.15, -0.1) is 24.0 Å². The number of hydrogen-bond donors (Lipinski definition) is 2. The van der Waals surface area contributed by atoms with Crippen LogP contribution in [0, 0.1) is 0 Å². The molecule has 1 aliphatic heterocycles. The number of likely N-dealkylation sites (tertiary alicyclic amines) is 1. The Morgan fingerprint density at radius 3 is 2.74 bits per heavy atom. The Balaban J connectivity index is 0.00000261. The lowest BCUT2D eigenvalue weighted by atomic mass is 10.1. The molecule has 0 spiro atoms. The third kappa shape index (κ3) is 6.49. The van der Waals surface area contributed by atoms with Crippen molar-refractivity contribution in [2.75, 3.05) is 26.7 Å². The lowest BCUT2D eigenvalue weighted by molar-refractivity contribution is 0.206. The highest BCUT2D eigenvalue weighted by Crippen LogP contribution is 2.11. The van der Waals surface area contributed by atoms with E-state index < -0.39 is 0 Å². The van der Waals surface area contributed by atoms with Gasteiger partial charge in [0.25, 0.3) is 0 Å². The normalized spacial score (nSPS) is 16.0. The van der Waals surface area contributed by atoms with Gasteiger partial charge in [0.05, 0.1) is 5.69 Å². The number of hydrogen-bond acceptors (Lipinski definition) is 3. The number of benzene rings is 1. The van der Waals surface area contributed by atoms with Gasteiger partial charge in [-0.3, -0.25) is 4.99 Å². The molecule has 6 nitrogen and oxygen atoms in total. The van der Waals surface area contributed by atoms with E-state index in [1.165, 1.54) is 44.5 Å². The summed E-state index contributed by atoms with van der Waals surface area (Å²) < 4.78 is 1.88. The lowest BCUT2D eigenvalue weighted by Crippen LogP contribution is -2.48. The average Bonchev–Trinajstić information content (AvgIpc) is 3.22. The number of guanidine groups is 1. The second kappa shape index (κ2) is 11.3. The van der Waals surface area contributed by atoms with Crippen molar-refractivity contribution in [1.29, 1.82) is 0 Å². The van der Waals surface area contributed by atoms with Crippen LogP contribution in [0.25, 0.3) is 5.69 Å². The van der Waals surface area contributed by atoms with Crippen molar-refractivity contribution in [1.82, 2.24) is 25.3 Å². The summed E-state index contributed by atoms with van der Waals surface area (Å²) in [5.41, 5.74) is 2.28. The van der Waals surface area contributed by atoms with Crippen LogP contribution < -0.4 is 10.6 Å². The first kappa shape index (κ1) is 21.7. The molecule has 27 heavy (non-hydrogen) atoms. The smallest absolute Gasteiger partial charge is 0.191 e. The SMILES string of the molecule is CCCN1CCC(NC(=NC)NCc2cccc(-n3cccn3)c2)CC1.I. The molecule has 1 fully saturated rings. The summed E-state index contributed by atoms with van der Waals surface area (Å²) in [5.74, 6) is 0.878. The molecule has 2 N–H and O–H groups in total. The van der Waals surface area contributed by atoms with Gasteiger partial charge in [-0.2, -0.15) is 5.10 Å². The van der Waals surface area contributed by atoms with Crippen molar-refractivity contribution in [3.63, 3.8) is 0 Å². The van der Waals surface area contributed by atoms with E-state index in [2.05, 4.69) is 56.8 Å². The second-order valence-electron chi connectivity index (χ2n) is 6.81. The number of aromatic nitrogens is 2. The van der Waals surface area contributed by atoms with E-state index in [9.17, 15) is 0 Å². The molecular formula is C20H31IN6. The molecule has 0 unspecified atom stereocenters. The van der Waals surface area contributed by atoms with E-state index in [0.717, 1.165) is 18.2 Å².